The molecule has 1 aliphatic rings. The van der Waals surface area contributed by atoms with E-state index >= 15 is 0 Å². The van der Waals surface area contributed by atoms with Gasteiger partial charge in [0.1, 0.15) is 11.6 Å². The number of anilines is 1. The first-order valence-corrected chi connectivity index (χ1v) is 11.3. The maximum absolute atomic E-state index is 13.3. The van der Waals surface area contributed by atoms with E-state index in [0.717, 1.165) is 11.1 Å². The van der Waals surface area contributed by atoms with E-state index in [4.69, 9.17) is 0 Å². The minimum Gasteiger partial charge on any atom is -0.344 e. The third-order valence-electron chi connectivity index (χ3n) is 4.87. The number of nitrogens with zero attached hydrogens (tertiary/aromatic N) is 2. The molecule has 0 saturated carbocycles. The smallest absolute Gasteiger partial charge is 0.314 e. The van der Waals surface area contributed by atoms with E-state index in [9.17, 15) is 22.4 Å². The number of halogens is 1. The molecule has 4 rings (SSSR count). The predicted molar refractivity (Wildman–Crippen MR) is 112 cm³/mol. The Morgan fingerprint density at radius 3 is 2.39 bits per heavy atom. The van der Waals surface area contributed by atoms with Crippen molar-refractivity contribution in [3.8, 4) is 5.69 Å². The molecular formula is C21H19FN4O4S. The molecule has 0 bridgehead atoms. The standard InChI is InChI=1S/C21H19FN4O4S/c1-13-2-4-14(5-3-13)10-23-20(27)21(28)24-19-17-11-31(29,30)12-18(17)25-26(19)16-8-6-15(22)7-9-16/h2-9H,10-12H2,1H3,(H,23,27)(H,24,28). The van der Waals surface area contributed by atoms with Crippen LogP contribution in [0.1, 0.15) is 22.4 Å². The normalized spacial score (nSPS) is 14.1. The van der Waals surface area contributed by atoms with E-state index in [1.165, 1.54) is 28.9 Å². The zero-order valence-electron chi connectivity index (χ0n) is 16.6. The van der Waals surface area contributed by atoms with Gasteiger partial charge < -0.3 is 10.6 Å². The number of hydrogen-bond acceptors (Lipinski definition) is 5. The zero-order valence-corrected chi connectivity index (χ0v) is 17.4. The van der Waals surface area contributed by atoms with Crippen LogP contribution in [-0.4, -0.2) is 30.0 Å². The SMILES string of the molecule is Cc1ccc(CNC(=O)C(=O)Nc2c3c(nn2-c2ccc(F)cc2)CS(=O)(=O)C3)cc1. The lowest BCUT2D eigenvalue weighted by atomic mass is 10.1. The number of carbonyl (C=O) groups is 2. The first-order chi connectivity index (χ1) is 14.7. The highest BCUT2D eigenvalue weighted by Crippen LogP contribution is 2.32. The van der Waals surface area contributed by atoms with Gasteiger partial charge in [0.15, 0.2) is 9.84 Å². The molecule has 0 aliphatic carbocycles. The van der Waals surface area contributed by atoms with Crippen molar-refractivity contribution >= 4 is 27.5 Å². The second kappa shape index (κ2) is 7.95. The molecule has 0 spiro atoms. The Labute approximate surface area is 178 Å². The van der Waals surface area contributed by atoms with Crippen LogP contribution in [0.2, 0.25) is 0 Å². The summed E-state index contributed by atoms with van der Waals surface area (Å²) in [6.45, 7) is 2.11. The van der Waals surface area contributed by atoms with Crippen molar-refractivity contribution in [3.05, 3.63) is 76.7 Å². The summed E-state index contributed by atoms with van der Waals surface area (Å²) < 4.78 is 38.6. The second-order valence-electron chi connectivity index (χ2n) is 7.32. The Morgan fingerprint density at radius 1 is 1.03 bits per heavy atom. The number of rotatable bonds is 4. The molecule has 0 saturated heterocycles. The number of carbonyl (C=O) groups excluding carboxylic acids is 2. The Balaban J connectivity index is 1.56. The van der Waals surface area contributed by atoms with Gasteiger partial charge in [0, 0.05) is 12.1 Å². The molecule has 1 aliphatic heterocycles. The lowest BCUT2D eigenvalue weighted by Gasteiger charge is -2.11. The summed E-state index contributed by atoms with van der Waals surface area (Å²) in [5.74, 6) is -2.77. The minimum atomic E-state index is -3.38. The molecule has 0 atom stereocenters. The molecule has 31 heavy (non-hydrogen) atoms. The molecule has 3 aromatic rings. The van der Waals surface area contributed by atoms with E-state index in [2.05, 4.69) is 15.7 Å². The molecule has 2 amide bonds. The van der Waals surface area contributed by atoms with E-state index in [1.807, 2.05) is 31.2 Å². The number of hydrogen-bond donors (Lipinski definition) is 2. The van der Waals surface area contributed by atoms with Crippen LogP contribution in [0, 0.1) is 12.7 Å². The van der Waals surface area contributed by atoms with Gasteiger partial charge in [-0.1, -0.05) is 29.8 Å². The van der Waals surface area contributed by atoms with Gasteiger partial charge in [0.2, 0.25) is 0 Å². The number of benzene rings is 2. The Bertz CT molecular complexity index is 1270. The van der Waals surface area contributed by atoms with Crippen molar-refractivity contribution in [2.45, 2.75) is 25.0 Å². The Kier molecular flexibility index (Phi) is 5.32. The fraction of sp³-hybridized carbons (Fsp3) is 0.190. The number of aryl methyl sites for hydroxylation is 1. The van der Waals surface area contributed by atoms with Crippen LogP contribution < -0.4 is 10.6 Å². The average molecular weight is 442 g/mol. The largest absolute Gasteiger partial charge is 0.344 e. The number of fused-ring (bicyclic) bond motifs is 1. The number of nitrogens with one attached hydrogen (secondary N) is 2. The van der Waals surface area contributed by atoms with Crippen molar-refractivity contribution in [1.82, 2.24) is 15.1 Å². The van der Waals surface area contributed by atoms with Gasteiger partial charge in [-0.25, -0.2) is 17.5 Å². The highest BCUT2D eigenvalue weighted by Gasteiger charge is 2.33. The average Bonchev–Trinajstić information content (AvgIpc) is 3.20. The van der Waals surface area contributed by atoms with Crippen LogP contribution in [-0.2, 0) is 37.5 Å². The molecule has 0 radical (unpaired) electrons. The molecule has 0 fully saturated rings. The van der Waals surface area contributed by atoms with Gasteiger partial charge in [-0.3, -0.25) is 9.59 Å². The summed E-state index contributed by atoms with van der Waals surface area (Å²) in [5, 5.41) is 9.28. The first kappa shape index (κ1) is 20.7. The van der Waals surface area contributed by atoms with Crippen LogP contribution >= 0.6 is 0 Å². The van der Waals surface area contributed by atoms with E-state index in [1.54, 1.807) is 0 Å². The van der Waals surface area contributed by atoms with E-state index < -0.39 is 27.5 Å². The van der Waals surface area contributed by atoms with Gasteiger partial charge in [0.25, 0.3) is 0 Å². The van der Waals surface area contributed by atoms with Crippen LogP contribution in [0.5, 0.6) is 0 Å². The number of sulfone groups is 1. The van der Waals surface area contributed by atoms with Crippen molar-refractivity contribution in [3.63, 3.8) is 0 Å². The highest BCUT2D eigenvalue weighted by molar-refractivity contribution is 7.90. The summed E-state index contributed by atoms with van der Waals surface area (Å²) in [4.78, 5) is 24.8. The fourth-order valence-corrected chi connectivity index (χ4v) is 4.77. The van der Waals surface area contributed by atoms with Gasteiger partial charge in [-0.05, 0) is 36.8 Å². The van der Waals surface area contributed by atoms with Gasteiger partial charge in [-0.15, -0.1) is 0 Å². The first-order valence-electron chi connectivity index (χ1n) is 9.44. The van der Waals surface area contributed by atoms with Crippen LogP contribution in [0.3, 0.4) is 0 Å². The van der Waals surface area contributed by atoms with Crippen molar-refractivity contribution in [1.29, 1.82) is 0 Å². The maximum Gasteiger partial charge on any atom is 0.314 e. The van der Waals surface area contributed by atoms with Crippen molar-refractivity contribution in [2.24, 2.45) is 0 Å². The van der Waals surface area contributed by atoms with Gasteiger partial charge in [-0.2, -0.15) is 5.10 Å². The van der Waals surface area contributed by atoms with Crippen molar-refractivity contribution in [2.75, 3.05) is 5.32 Å². The molecule has 2 aromatic carbocycles. The molecule has 0 unspecified atom stereocenters. The minimum absolute atomic E-state index is 0.0816. The molecule has 2 N–H and O–H groups in total. The van der Waals surface area contributed by atoms with Crippen LogP contribution in [0.15, 0.2) is 48.5 Å². The van der Waals surface area contributed by atoms with E-state index in [0.29, 0.717) is 16.9 Å². The molecule has 160 valence electrons. The Hall–Kier alpha value is -3.53. The Morgan fingerprint density at radius 2 is 1.71 bits per heavy atom. The predicted octanol–water partition coefficient (Wildman–Crippen LogP) is 2.00. The fourth-order valence-electron chi connectivity index (χ4n) is 3.27. The van der Waals surface area contributed by atoms with Crippen molar-refractivity contribution < 1.29 is 22.4 Å². The molecule has 10 heteroatoms. The summed E-state index contributed by atoms with van der Waals surface area (Å²) in [6, 6.07) is 12.8. The van der Waals surface area contributed by atoms with Crippen LogP contribution in [0.4, 0.5) is 10.2 Å². The molecule has 8 nitrogen and oxygen atoms in total. The third kappa shape index (κ3) is 4.48. The monoisotopic (exact) mass is 442 g/mol. The summed E-state index contributed by atoms with van der Waals surface area (Å²) in [7, 11) is -3.38. The van der Waals surface area contributed by atoms with Crippen LogP contribution in [0.25, 0.3) is 5.69 Å². The number of amides is 2. The summed E-state index contributed by atoms with van der Waals surface area (Å²) >= 11 is 0. The lowest BCUT2D eigenvalue weighted by Crippen LogP contribution is -2.35. The van der Waals surface area contributed by atoms with Gasteiger partial charge in [0.05, 0.1) is 22.9 Å². The lowest BCUT2D eigenvalue weighted by molar-refractivity contribution is -0.136. The van der Waals surface area contributed by atoms with E-state index in [-0.39, 0.29) is 23.9 Å². The molecular weight excluding hydrogens is 423 g/mol. The summed E-state index contributed by atoms with van der Waals surface area (Å²) in [5.41, 5.74) is 2.94. The maximum atomic E-state index is 13.3. The summed E-state index contributed by atoms with van der Waals surface area (Å²) in [6.07, 6.45) is 0. The second-order valence-corrected chi connectivity index (χ2v) is 9.38. The number of aromatic nitrogens is 2. The quantitative estimate of drug-likeness (QED) is 0.601. The molecule has 1 aromatic heterocycles. The topological polar surface area (TPSA) is 110 Å². The zero-order chi connectivity index (χ0) is 22.2. The third-order valence-corrected chi connectivity index (χ3v) is 6.31. The van der Waals surface area contributed by atoms with Gasteiger partial charge >= 0.3 is 11.8 Å². The molecule has 2 heterocycles. The highest BCUT2D eigenvalue weighted by atomic mass is 32.2.